The molecule has 7 nitrogen and oxygen atoms in total. The van der Waals surface area contributed by atoms with Crippen molar-refractivity contribution in [3.8, 4) is 0 Å². The van der Waals surface area contributed by atoms with Crippen LogP contribution in [-0.2, 0) is 14.3 Å². The molecule has 0 aliphatic rings. The quantitative estimate of drug-likeness (QED) is 0.192. The van der Waals surface area contributed by atoms with Crippen molar-refractivity contribution in [3.05, 3.63) is 77.4 Å². The Morgan fingerprint density at radius 2 is 1.48 bits per heavy atom. The van der Waals surface area contributed by atoms with Crippen LogP contribution in [-0.4, -0.2) is 41.0 Å². The molecule has 3 aromatic carbocycles. The van der Waals surface area contributed by atoms with Gasteiger partial charge in [0.2, 0.25) is 5.91 Å². The average molecular weight is 602 g/mol. The second-order valence-electron chi connectivity index (χ2n) is 13.1. The molecule has 3 aromatic rings. The van der Waals surface area contributed by atoms with E-state index in [1.165, 1.54) is 0 Å². The fourth-order valence-electron chi connectivity index (χ4n) is 5.54. The lowest BCUT2D eigenvalue weighted by atomic mass is 9.92. The first-order valence-electron chi connectivity index (χ1n) is 16.0. The predicted molar refractivity (Wildman–Crippen MR) is 180 cm³/mol. The molecule has 0 heterocycles. The molecular weight excluding hydrogens is 550 g/mol. The number of fused-ring (bicyclic) bond motifs is 1. The number of hydrogen-bond acceptors (Lipinski definition) is 4. The van der Waals surface area contributed by atoms with Gasteiger partial charge >= 0.3 is 6.09 Å². The molecule has 3 amide bonds. The molecule has 0 fully saturated rings. The number of unbranched alkanes of at least 4 members (excludes halogenated alkanes) is 4. The van der Waals surface area contributed by atoms with E-state index < -0.39 is 23.8 Å². The number of carbonyl (C=O) groups excluding carboxylic acids is 3. The van der Waals surface area contributed by atoms with Crippen molar-refractivity contribution in [3.63, 3.8) is 0 Å². The topological polar surface area (TPSA) is 87.7 Å². The molecule has 0 aliphatic heterocycles. The number of hydrogen-bond donors (Lipinski definition) is 2. The van der Waals surface area contributed by atoms with Crippen LogP contribution in [0.3, 0.4) is 0 Å². The highest BCUT2D eigenvalue weighted by atomic mass is 16.6. The minimum Gasteiger partial charge on any atom is -0.444 e. The molecule has 0 radical (unpaired) electrons. The number of amides is 3. The fraction of sp³-hybridized carbons (Fsp3) is 0.486. The van der Waals surface area contributed by atoms with Crippen molar-refractivity contribution in [1.29, 1.82) is 0 Å². The zero-order chi connectivity index (χ0) is 32.4. The summed E-state index contributed by atoms with van der Waals surface area (Å²) in [7, 11) is 0. The van der Waals surface area contributed by atoms with Gasteiger partial charge in [0.05, 0.1) is 0 Å². The molecule has 0 aliphatic carbocycles. The Morgan fingerprint density at radius 1 is 0.841 bits per heavy atom. The van der Waals surface area contributed by atoms with Gasteiger partial charge < -0.3 is 20.3 Å². The van der Waals surface area contributed by atoms with Gasteiger partial charge in [0.1, 0.15) is 17.7 Å². The molecular formula is C37H51N3O4. The Hall–Kier alpha value is -3.87. The van der Waals surface area contributed by atoms with E-state index in [4.69, 9.17) is 4.74 Å². The highest BCUT2D eigenvalue weighted by Crippen LogP contribution is 2.31. The molecule has 0 saturated carbocycles. The third-order valence-electron chi connectivity index (χ3n) is 7.78. The minimum atomic E-state index is -0.900. The van der Waals surface area contributed by atoms with Crippen molar-refractivity contribution < 1.29 is 19.1 Å². The van der Waals surface area contributed by atoms with Crippen molar-refractivity contribution in [1.82, 2.24) is 10.2 Å². The molecule has 238 valence electrons. The molecule has 3 rings (SSSR count). The average Bonchev–Trinajstić information content (AvgIpc) is 2.94. The number of benzene rings is 3. The first kappa shape index (κ1) is 34.6. The number of nitrogens with one attached hydrogen (secondary N) is 2. The molecule has 2 N–H and O–H groups in total. The third-order valence-corrected chi connectivity index (χ3v) is 7.78. The number of ether oxygens (including phenoxy) is 1. The highest BCUT2D eigenvalue weighted by Gasteiger charge is 2.38. The van der Waals surface area contributed by atoms with E-state index in [9.17, 15) is 14.4 Å². The molecule has 0 spiro atoms. The molecule has 0 aromatic heterocycles. The van der Waals surface area contributed by atoms with Crippen LogP contribution in [0, 0.1) is 19.8 Å². The molecule has 44 heavy (non-hydrogen) atoms. The van der Waals surface area contributed by atoms with Crippen molar-refractivity contribution in [2.75, 3.05) is 11.9 Å². The SMILES string of the molecule is CCCCCCCN(C(=O)C(NC(=O)OC(C)(C)C)C(C)C)C(C(=O)Nc1ccc2ccccc2c1)c1c(C)cccc1C. The van der Waals surface area contributed by atoms with Crippen molar-refractivity contribution in [2.45, 2.75) is 105 Å². The third kappa shape index (κ3) is 9.57. The van der Waals surface area contributed by atoms with Crippen molar-refractivity contribution in [2.24, 2.45) is 5.92 Å². The van der Waals surface area contributed by atoms with Crippen LogP contribution in [0.5, 0.6) is 0 Å². The summed E-state index contributed by atoms with van der Waals surface area (Å²) in [5, 5.41) is 8.04. The van der Waals surface area contributed by atoms with Gasteiger partial charge in [0, 0.05) is 12.2 Å². The van der Waals surface area contributed by atoms with Gasteiger partial charge in [0.25, 0.3) is 5.91 Å². The van der Waals surface area contributed by atoms with Crippen LogP contribution < -0.4 is 10.6 Å². The van der Waals surface area contributed by atoms with E-state index in [1.54, 1.807) is 25.7 Å². The first-order valence-corrected chi connectivity index (χ1v) is 16.0. The van der Waals surface area contributed by atoms with Gasteiger partial charge in [-0.15, -0.1) is 0 Å². The molecule has 2 atom stereocenters. The zero-order valence-corrected chi connectivity index (χ0v) is 27.8. The van der Waals surface area contributed by atoms with Gasteiger partial charge in [-0.25, -0.2) is 4.79 Å². The highest BCUT2D eigenvalue weighted by molar-refractivity contribution is 6.00. The number of carbonyl (C=O) groups is 3. The van der Waals surface area contributed by atoms with E-state index in [-0.39, 0.29) is 17.7 Å². The van der Waals surface area contributed by atoms with Crippen LogP contribution >= 0.6 is 0 Å². The lowest BCUT2D eigenvalue weighted by Crippen LogP contribution is -2.54. The van der Waals surface area contributed by atoms with Crippen LogP contribution in [0.4, 0.5) is 10.5 Å². The van der Waals surface area contributed by atoms with Crippen LogP contribution in [0.15, 0.2) is 60.7 Å². The zero-order valence-electron chi connectivity index (χ0n) is 27.8. The number of nitrogens with zero attached hydrogens (tertiary/aromatic N) is 1. The lowest BCUT2D eigenvalue weighted by molar-refractivity contribution is -0.141. The number of rotatable bonds is 13. The summed E-state index contributed by atoms with van der Waals surface area (Å²) in [5.74, 6) is -0.832. The summed E-state index contributed by atoms with van der Waals surface area (Å²) < 4.78 is 5.52. The van der Waals surface area contributed by atoms with E-state index in [0.29, 0.717) is 12.2 Å². The largest absolute Gasteiger partial charge is 0.444 e. The van der Waals surface area contributed by atoms with E-state index in [2.05, 4.69) is 17.6 Å². The Morgan fingerprint density at radius 3 is 2.09 bits per heavy atom. The summed E-state index contributed by atoms with van der Waals surface area (Å²) in [6.07, 6.45) is 4.31. The van der Waals surface area contributed by atoms with Crippen molar-refractivity contribution >= 4 is 34.4 Å². The Bertz CT molecular complexity index is 1410. The molecule has 0 saturated heterocycles. The monoisotopic (exact) mass is 601 g/mol. The standard InChI is InChI=1S/C37H51N3O4/c1-9-10-11-12-15-23-40(35(42)32(25(2)3)39-36(43)44-37(6,7)8)33(31-26(4)17-16-18-27(31)5)34(41)38-30-22-21-28-19-13-14-20-29(28)24-30/h13-14,16-22,24-25,32-33H,9-12,15,23H2,1-8H3,(H,38,41)(H,39,43). The van der Waals surface area contributed by atoms with Gasteiger partial charge in [-0.2, -0.15) is 0 Å². The number of aryl methyl sites for hydroxylation is 2. The fourth-order valence-corrected chi connectivity index (χ4v) is 5.54. The Labute approximate surface area is 263 Å². The Balaban J connectivity index is 2.07. The number of alkyl carbamates (subject to hydrolysis) is 1. The van der Waals surface area contributed by atoms with E-state index >= 15 is 0 Å². The Kier molecular flexibility index (Phi) is 12.4. The van der Waals surface area contributed by atoms with Crippen LogP contribution in [0.1, 0.15) is 96.4 Å². The minimum absolute atomic E-state index is 0.236. The summed E-state index contributed by atoms with van der Waals surface area (Å²) in [6.45, 7) is 15.6. The van der Waals surface area contributed by atoms with E-state index in [0.717, 1.165) is 59.6 Å². The second kappa shape index (κ2) is 15.7. The predicted octanol–water partition coefficient (Wildman–Crippen LogP) is 8.48. The number of anilines is 1. The van der Waals surface area contributed by atoms with Gasteiger partial charge in [-0.1, -0.05) is 95.0 Å². The lowest BCUT2D eigenvalue weighted by Gasteiger charge is -2.36. The maximum atomic E-state index is 14.6. The van der Waals surface area contributed by atoms with Gasteiger partial charge in [-0.3, -0.25) is 9.59 Å². The first-order chi connectivity index (χ1) is 20.8. The second-order valence-corrected chi connectivity index (χ2v) is 13.1. The maximum Gasteiger partial charge on any atom is 0.408 e. The maximum absolute atomic E-state index is 14.6. The summed E-state index contributed by atoms with van der Waals surface area (Å²) in [6, 6.07) is 17.9. The van der Waals surface area contributed by atoms with Crippen LogP contribution in [0.2, 0.25) is 0 Å². The smallest absolute Gasteiger partial charge is 0.408 e. The van der Waals surface area contributed by atoms with Gasteiger partial charge in [0.15, 0.2) is 0 Å². The molecule has 2 unspecified atom stereocenters. The summed E-state index contributed by atoms with van der Waals surface area (Å²) >= 11 is 0. The summed E-state index contributed by atoms with van der Waals surface area (Å²) in [5.41, 5.74) is 2.59. The van der Waals surface area contributed by atoms with Gasteiger partial charge in [-0.05, 0) is 86.6 Å². The molecule has 0 bridgehead atoms. The molecule has 7 heteroatoms. The summed E-state index contributed by atoms with van der Waals surface area (Å²) in [4.78, 5) is 43.5. The normalized spacial score (nSPS) is 12.9. The van der Waals surface area contributed by atoms with Crippen LogP contribution in [0.25, 0.3) is 10.8 Å². The van der Waals surface area contributed by atoms with E-state index in [1.807, 2.05) is 88.4 Å².